The van der Waals surface area contributed by atoms with E-state index >= 15 is 0 Å². The number of hydrogen-bond donors (Lipinski definition) is 3. The Labute approximate surface area is 91.8 Å². The summed E-state index contributed by atoms with van der Waals surface area (Å²) < 4.78 is 1.10. The Morgan fingerprint density at radius 2 is 2.33 bits per heavy atom. The quantitative estimate of drug-likeness (QED) is 0.691. The van der Waals surface area contributed by atoms with Crippen molar-refractivity contribution >= 4 is 32.9 Å². The van der Waals surface area contributed by atoms with Gasteiger partial charge in [0.2, 0.25) is 0 Å². The number of aromatic nitrogens is 1. The zero-order chi connectivity index (χ0) is 10.8. The largest absolute Gasteiger partial charge is 0.397 e. The van der Waals surface area contributed by atoms with Crippen molar-refractivity contribution in [3.63, 3.8) is 0 Å². The third-order valence-corrected chi connectivity index (χ3v) is 3.03. The number of rotatable bonds is 3. The smallest absolute Gasteiger partial charge is 0.0907 e. The molecule has 0 atom stereocenters. The number of hydrogen-bond acceptors (Lipinski definition) is 5. The van der Waals surface area contributed by atoms with Crippen molar-refractivity contribution in [3.8, 4) is 0 Å². The fourth-order valence-corrected chi connectivity index (χ4v) is 2.31. The van der Waals surface area contributed by atoms with Crippen LogP contribution in [0.2, 0.25) is 0 Å². The van der Waals surface area contributed by atoms with E-state index in [0.717, 1.165) is 20.9 Å². The molecule has 1 aromatic heterocycles. The molecule has 80 valence electrons. The van der Waals surface area contributed by atoms with Gasteiger partial charge in [0, 0.05) is 6.54 Å². The van der Waals surface area contributed by atoms with Crippen LogP contribution in [0.3, 0.4) is 0 Å². The highest BCUT2D eigenvalue weighted by molar-refractivity contribution is 7.18. The van der Waals surface area contributed by atoms with Crippen LogP contribution < -0.4 is 11.1 Å². The first kappa shape index (κ1) is 10.2. The lowest BCUT2D eigenvalue weighted by Gasteiger charge is -2.07. The Bertz CT molecular complexity index is 481. The molecule has 1 heterocycles. The van der Waals surface area contributed by atoms with Crippen molar-refractivity contribution in [3.05, 3.63) is 17.1 Å². The summed E-state index contributed by atoms with van der Waals surface area (Å²) in [6.45, 7) is 2.56. The van der Waals surface area contributed by atoms with Crippen LogP contribution in [0.1, 0.15) is 5.01 Å². The fraction of sp³-hybridized carbons (Fsp3) is 0.300. The highest BCUT2D eigenvalue weighted by Crippen LogP contribution is 2.29. The van der Waals surface area contributed by atoms with E-state index in [4.69, 9.17) is 10.8 Å². The van der Waals surface area contributed by atoms with Gasteiger partial charge in [-0.15, -0.1) is 11.3 Å². The molecule has 0 unspecified atom stereocenters. The Morgan fingerprint density at radius 3 is 3.07 bits per heavy atom. The number of nitrogen functional groups attached to an aromatic ring is 1. The molecule has 15 heavy (non-hydrogen) atoms. The number of thiazole rings is 1. The summed E-state index contributed by atoms with van der Waals surface area (Å²) in [4.78, 5) is 4.38. The first-order valence-electron chi connectivity index (χ1n) is 4.72. The van der Waals surface area contributed by atoms with E-state index in [2.05, 4.69) is 10.3 Å². The molecule has 0 spiro atoms. The van der Waals surface area contributed by atoms with Gasteiger partial charge >= 0.3 is 0 Å². The van der Waals surface area contributed by atoms with E-state index in [9.17, 15) is 0 Å². The van der Waals surface area contributed by atoms with Crippen molar-refractivity contribution in [2.45, 2.75) is 6.92 Å². The molecule has 0 bridgehead atoms. The Kier molecular flexibility index (Phi) is 2.75. The van der Waals surface area contributed by atoms with Gasteiger partial charge in [0.1, 0.15) is 0 Å². The van der Waals surface area contributed by atoms with Gasteiger partial charge in [0.05, 0.1) is 33.2 Å². The third kappa shape index (κ3) is 2.03. The predicted octanol–water partition coefficient (Wildman–Crippen LogP) is 1.59. The molecular weight excluding hydrogens is 210 g/mol. The van der Waals surface area contributed by atoms with Crippen LogP contribution in [-0.4, -0.2) is 23.2 Å². The molecule has 2 rings (SSSR count). The van der Waals surface area contributed by atoms with Crippen molar-refractivity contribution in [2.75, 3.05) is 24.2 Å². The molecule has 2 aromatic rings. The summed E-state index contributed by atoms with van der Waals surface area (Å²) >= 11 is 1.63. The van der Waals surface area contributed by atoms with E-state index in [0.29, 0.717) is 12.2 Å². The van der Waals surface area contributed by atoms with Crippen LogP contribution in [0.25, 0.3) is 10.2 Å². The van der Waals surface area contributed by atoms with Crippen molar-refractivity contribution < 1.29 is 5.11 Å². The number of aryl methyl sites for hydroxylation is 1. The van der Waals surface area contributed by atoms with Gasteiger partial charge < -0.3 is 16.2 Å². The topological polar surface area (TPSA) is 71.2 Å². The van der Waals surface area contributed by atoms with Crippen LogP contribution in [0.5, 0.6) is 0 Å². The van der Waals surface area contributed by atoms with Gasteiger partial charge in [-0.05, 0) is 19.1 Å². The second-order valence-corrected chi connectivity index (χ2v) is 4.53. The molecule has 0 amide bonds. The first-order chi connectivity index (χ1) is 7.20. The summed E-state index contributed by atoms with van der Waals surface area (Å²) in [7, 11) is 0. The Morgan fingerprint density at radius 1 is 1.53 bits per heavy atom. The van der Waals surface area contributed by atoms with Crippen molar-refractivity contribution in [1.82, 2.24) is 4.98 Å². The number of fused-ring (bicyclic) bond motifs is 1. The molecule has 0 saturated heterocycles. The zero-order valence-electron chi connectivity index (χ0n) is 8.45. The van der Waals surface area contributed by atoms with Gasteiger partial charge in [0.25, 0.3) is 0 Å². The Hall–Kier alpha value is -1.33. The molecule has 4 nitrogen and oxygen atoms in total. The number of aliphatic hydroxyl groups is 1. The van der Waals surface area contributed by atoms with Gasteiger partial charge in [0.15, 0.2) is 0 Å². The molecule has 4 N–H and O–H groups in total. The normalized spacial score (nSPS) is 10.8. The van der Waals surface area contributed by atoms with E-state index in [-0.39, 0.29) is 6.61 Å². The number of nitrogens with zero attached hydrogens (tertiary/aromatic N) is 1. The van der Waals surface area contributed by atoms with E-state index in [1.807, 2.05) is 19.1 Å². The minimum absolute atomic E-state index is 0.0908. The molecule has 0 aliphatic heterocycles. The average molecular weight is 223 g/mol. The van der Waals surface area contributed by atoms with Crippen molar-refractivity contribution in [1.29, 1.82) is 0 Å². The van der Waals surface area contributed by atoms with E-state index in [1.165, 1.54) is 0 Å². The number of nitrogens with one attached hydrogen (secondary N) is 1. The monoisotopic (exact) mass is 223 g/mol. The standard InChI is InChI=1S/C10H13N3OS/c1-6-13-9-5-8(12-2-3-14)7(11)4-10(9)15-6/h4-5,12,14H,2-3,11H2,1H3. The summed E-state index contributed by atoms with van der Waals surface area (Å²) in [5, 5.41) is 12.8. The Balaban J connectivity index is 2.42. The van der Waals surface area contributed by atoms with Crippen LogP contribution in [0, 0.1) is 6.92 Å². The number of benzene rings is 1. The molecule has 0 radical (unpaired) electrons. The molecule has 0 aliphatic rings. The second-order valence-electron chi connectivity index (χ2n) is 3.29. The molecule has 0 aliphatic carbocycles. The fourth-order valence-electron chi connectivity index (χ4n) is 1.45. The van der Waals surface area contributed by atoms with Gasteiger partial charge in [-0.25, -0.2) is 4.98 Å². The minimum Gasteiger partial charge on any atom is -0.397 e. The van der Waals surface area contributed by atoms with Crippen LogP contribution in [-0.2, 0) is 0 Å². The van der Waals surface area contributed by atoms with Gasteiger partial charge in [-0.1, -0.05) is 0 Å². The highest BCUT2D eigenvalue weighted by Gasteiger charge is 2.05. The van der Waals surface area contributed by atoms with E-state index < -0.39 is 0 Å². The van der Waals surface area contributed by atoms with Crippen LogP contribution in [0.4, 0.5) is 11.4 Å². The summed E-state index contributed by atoms with van der Waals surface area (Å²) in [6, 6.07) is 3.84. The molecule has 1 aromatic carbocycles. The van der Waals surface area contributed by atoms with Crippen molar-refractivity contribution in [2.24, 2.45) is 0 Å². The number of nitrogens with two attached hydrogens (primary N) is 1. The maximum absolute atomic E-state index is 8.72. The number of aliphatic hydroxyl groups excluding tert-OH is 1. The predicted molar refractivity (Wildman–Crippen MR) is 64.3 cm³/mol. The number of anilines is 2. The lowest BCUT2D eigenvalue weighted by Crippen LogP contribution is -2.07. The van der Waals surface area contributed by atoms with Crippen LogP contribution in [0.15, 0.2) is 12.1 Å². The summed E-state index contributed by atoms with van der Waals surface area (Å²) in [6.07, 6.45) is 0. The minimum atomic E-state index is 0.0908. The second kappa shape index (κ2) is 4.04. The summed E-state index contributed by atoms with van der Waals surface area (Å²) in [5.41, 5.74) is 8.35. The maximum atomic E-state index is 8.72. The lowest BCUT2D eigenvalue weighted by molar-refractivity contribution is 0.311. The maximum Gasteiger partial charge on any atom is 0.0907 e. The molecule has 5 heteroatoms. The molecule has 0 fully saturated rings. The highest BCUT2D eigenvalue weighted by atomic mass is 32.1. The first-order valence-corrected chi connectivity index (χ1v) is 5.54. The van der Waals surface area contributed by atoms with Gasteiger partial charge in [-0.2, -0.15) is 0 Å². The van der Waals surface area contributed by atoms with Crippen LogP contribution >= 0.6 is 11.3 Å². The van der Waals surface area contributed by atoms with E-state index in [1.54, 1.807) is 11.3 Å². The SMILES string of the molecule is Cc1nc2cc(NCCO)c(N)cc2s1. The molecular formula is C10H13N3OS. The lowest BCUT2D eigenvalue weighted by atomic mass is 10.2. The summed E-state index contributed by atoms with van der Waals surface area (Å²) in [5.74, 6) is 0. The van der Waals surface area contributed by atoms with Gasteiger partial charge in [-0.3, -0.25) is 0 Å². The zero-order valence-corrected chi connectivity index (χ0v) is 9.27. The molecule has 0 saturated carbocycles. The average Bonchev–Trinajstić information content (AvgIpc) is 2.53. The third-order valence-electron chi connectivity index (χ3n) is 2.09.